The molecule has 0 aromatic carbocycles. The molecule has 6 heteroatoms. The first kappa shape index (κ1) is 20.5. The molecule has 0 spiro atoms. The molecular formula is C17H36N2O3Si. The Labute approximate surface area is 143 Å². The number of likely N-dealkylation sites (tertiary alicyclic amines) is 1. The summed E-state index contributed by atoms with van der Waals surface area (Å²) in [4.78, 5) is 14.2. The first-order chi connectivity index (χ1) is 10.2. The summed E-state index contributed by atoms with van der Waals surface area (Å²) in [6, 6.07) is -0.279. The van der Waals surface area contributed by atoms with Gasteiger partial charge in [-0.3, -0.25) is 0 Å². The van der Waals surface area contributed by atoms with Gasteiger partial charge in [0.05, 0.1) is 12.1 Å². The van der Waals surface area contributed by atoms with Crippen LogP contribution < -0.4 is 5.73 Å². The van der Waals surface area contributed by atoms with Crippen molar-refractivity contribution < 1.29 is 14.0 Å². The van der Waals surface area contributed by atoms with Crippen molar-refractivity contribution in [1.29, 1.82) is 0 Å². The Kier molecular flexibility index (Phi) is 5.98. The molecule has 0 saturated carbocycles. The van der Waals surface area contributed by atoms with Gasteiger partial charge in [-0.25, -0.2) is 4.79 Å². The lowest BCUT2D eigenvalue weighted by Crippen LogP contribution is -2.54. The fourth-order valence-corrected chi connectivity index (χ4v) is 3.99. The molecule has 3 atom stereocenters. The summed E-state index contributed by atoms with van der Waals surface area (Å²) >= 11 is 0. The monoisotopic (exact) mass is 344 g/mol. The highest BCUT2D eigenvalue weighted by atomic mass is 28.4. The SMILES string of the molecule is C[C@@H](N)C1C(O[Si](C)(C)C(C)(C)C)CCN1C(=O)OC(C)(C)C. The number of amides is 1. The third-order valence-corrected chi connectivity index (χ3v) is 9.32. The zero-order chi connectivity index (χ0) is 18.2. The quantitative estimate of drug-likeness (QED) is 0.792. The first-order valence-electron chi connectivity index (χ1n) is 8.59. The Balaban J connectivity index is 2.91. The number of rotatable bonds is 3. The second-order valence-electron chi connectivity index (χ2n) is 9.23. The minimum Gasteiger partial charge on any atom is -0.444 e. The Morgan fingerprint density at radius 3 is 2.13 bits per heavy atom. The molecule has 2 N–H and O–H groups in total. The Morgan fingerprint density at radius 2 is 1.74 bits per heavy atom. The molecule has 1 aliphatic rings. The molecule has 1 fully saturated rings. The lowest BCUT2D eigenvalue weighted by atomic mass is 10.1. The maximum Gasteiger partial charge on any atom is 0.410 e. The fraction of sp³-hybridized carbons (Fsp3) is 0.941. The summed E-state index contributed by atoms with van der Waals surface area (Å²) < 4.78 is 12.1. The smallest absolute Gasteiger partial charge is 0.410 e. The minimum atomic E-state index is -1.90. The Bertz CT molecular complexity index is 425. The highest BCUT2D eigenvalue weighted by molar-refractivity contribution is 6.74. The summed E-state index contributed by atoms with van der Waals surface area (Å²) in [6.07, 6.45) is 0.516. The molecule has 2 unspecified atom stereocenters. The van der Waals surface area contributed by atoms with Gasteiger partial charge in [-0.1, -0.05) is 20.8 Å². The van der Waals surface area contributed by atoms with Crippen molar-refractivity contribution in [1.82, 2.24) is 4.90 Å². The molecule has 5 nitrogen and oxygen atoms in total. The molecule has 1 aliphatic heterocycles. The zero-order valence-corrected chi connectivity index (χ0v) is 17.4. The van der Waals surface area contributed by atoms with Crippen molar-refractivity contribution in [2.75, 3.05) is 6.54 Å². The van der Waals surface area contributed by atoms with Crippen molar-refractivity contribution in [3.05, 3.63) is 0 Å². The van der Waals surface area contributed by atoms with Gasteiger partial charge in [0.1, 0.15) is 5.60 Å². The number of ether oxygens (including phenoxy) is 1. The average Bonchev–Trinajstić information content (AvgIpc) is 2.67. The molecular weight excluding hydrogens is 308 g/mol. The minimum absolute atomic E-state index is 0.0107. The van der Waals surface area contributed by atoms with Crippen molar-refractivity contribution in [2.45, 2.75) is 96.8 Å². The van der Waals surface area contributed by atoms with Gasteiger partial charge < -0.3 is 19.8 Å². The number of nitrogens with zero attached hydrogens (tertiary/aromatic N) is 1. The molecule has 136 valence electrons. The predicted molar refractivity (Wildman–Crippen MR) is 97.1 cm³/mol. The van der Waals surface area contributed by atoms with Gasteiger partial charge in [0.2, 0.25) is 0 Å². The van der Waals surface area contributed by atoms with Crippen LogP contribution >= 0.6 is 0 Å². The lowest BCUT2D eigenvalue weighted by molar-refractivity contribution is 0.0138. The number of carbonyl (C=O) groups is 1. The van der Waals surface area contributed by atoms with Crippen LogP contribution in [-0.4, -0.2) is 49.6 Å². The van der Waals surface area contributed by atoms with Crippen LogP contribution in [0.25, 0.3) is 0 Å². The van der Waals surface area contributed by atoms with E-state index in [4.69, 9.17) is 14.9 Å². The van der Waals surface area contributed by atoms with Crippen LogP contribution in [0.5, 0.6) is 0 Å². The summed E-state index contributed by atoms with van der Waals surface area (Å²) in [7, 11) is -1.90. The standard InChI is InChI=1S/C17H36N2O3Si/c1-12(18)14-13(22-23(8,9)17(5,6)7)10-11-19(14)15(20)21-16(2,3)4/h12-14H,10-11,18H2,1-9H3/t12-,13?,14?/m1/s1. The normalized spacial score (nSPS) is 24.7. The van der Waals surface area contributed by atoms with Gasteiger partial charge in [-0.15, -0.1) is 0 Å². The van der Waals surface area contributed by atoms with Gasteiger partial charge in [0.25, 0.3) is 0 Å². The number of carbonyl (C=O) groups excluding carboxylic acids is 1. The van der Waals surface area contributed by atoms with Crippen LogP contribution in [0.2, 0.25) is 18.1 Å². The lowest BCUT2D eigenvalue weighted by Gasteiger charge is -2.41. The van der Waals surface area contributed by atoms with Crippen molar-refractivity contribution in [3.8, 4) is 0 Å². The topological polar surface area (TPSA) is 64.8 Å². The average molecular weight is 345 g/mol. The fourth-order valence-electron chi connectivity index (χ4n) is 2.63. The van der Waals surface area contributed by atoms with Crippen molar-refractivity contribution in [3.63, 3.8) is 0 Å². The van der Waals surface area contributed by atoms with E-state index in [1.165, 1.54) is 0 Å². The van der Waals surface area contributed by atoms with E-state index >= 15 is 0 Å². The highest BCUT2D eigenvalue weighted by Gasteiger charge is 2.47. The van der Waals surface area contributed by atoms with Crippen LogP contribution in [-0.2, 0) is 9.16 Å². The Hall–Kier alpha value is -0.593. The van der Waals surface area contributed by atoms with E-state index in [-0.39, 0.29) is 29.3 Å². The third-order valence-electron chi connectivity index (χ3n) is 4.81. The van der Waals surface area contributed by atoms with Crippen LogP contribution in [0, 0.1) is 0 Å². The zero-order valence-electron chi connectivity index (χ0n) is 16.4. The number of hydrogen-bond donors (Lipinski definition) is 1. The van der Waals surface area contributed by atoms with Crippen LogP contribution in [0.4, 0.5) is 4.79 Å². The summed E-state index contributed by atoms with van der Waals surface area (Å²) in [5, 5.41) is 0.134. The summed E-state index contributed by atoms with van der Waals surface area (Å²) in [5.41, 5.74) is 5.69. The van der Waals surface area contributed by atoms with Crippen LogP contribution in [0.1, 0.15) is 54.9 Å². The van der Waals surface area contributed by atoms with Crippen molar-refractivity contribution in [2.24, 2.45) is 5.73 Å². The van der Waals surface area contributed by atoms with Gasteiger partial charge in [0, 0.05) is 12.6 Å². The van der Waals surface area contributed by atoms with Crippen LogP contribution in [0.3, 0.4) is 0 Å². The Morgan fingerprint density at radius 1 is 1.22 bits per heavy atom. The highest BCUT2D eigenvalue weighted by Crippen LogP contribution is 2.39. The van der Waals surface area contributed by atoms with E-state index in [1.54, 1.807) is 4.90 Å². The van der Waals surface area contributed by atoms with Gasteiger partial charge in [-0.2, -0.15) is 0 Å². The predicted octanol–water partition coefficient (Wildman–Crippen LogP) is 3.73. The molecule has 23 heavy (non-hydrogen) atoms. The van der Waals surface area contributed by atoms with Crippen molar-refractivity contribution >= 4 is 14.4 Å². The molecule has 1 heterocycles. The maximum atomic E-state index is 12.5. The summed E-state index contributed by atoms with van der Waals surface area (Å²) in [6.45, 7) is 19.4. The molecule has 0 bridgehead atoms. The third kappa shape index (κ3) is 5.19. The van der Waals surface area contributed by atoms with E-state index < -0.39 is 13.9 Å². The molecule has 0 aliphatic carbocycles. The van der Waals surface area contributed by atoms with E-state index in [0.717, 1.165) is 6.42 Å². The molecule has 0 radical (unpaired) electrons. The largest absolute Gasteiger partial charge is 0.444 e. The van der Waals surface area contributed by atoms with E-state index in [0.29, 0.717) is 6.54 Å². The molecule has 1 rings (SSSR count). The van der Waals surface area contributed by atoms with Gasteiger partial charge >= 0.3 is 6.09 Å². The van der Waals surface area contributed by atoms with E-state index in [1.807, 2.05) is 27.7 Å². The number of nitrogens with two attached hydrogens (primary N) is 1. The van der Waals surface area contributed by atoms with Gasteiger partial charge in [-0.05, 0) is 52.2 Å². The first-order valence-corrected chi connectivity index (χ1v) is 11.5. The molecule has 0 aromatic rings. The van der Waals surface area contributed by atoms with Crippen LogP contribution in [0.15, 0.2) is 0 Å². The summed E-state index contributed by atoms with van der Waals surface area (Å²) in [5.74, 6) is 0. The molecule has 1 amide bonds. The maximum absolute atomic E-state index is 12.5. The van der Waals surface area contributed by atoms with E-state index in [2.05, 4.69) is 33.9 Å². The van der Waals surface area contributed by atoms with E-state index in [9.17, 15) is 4.79 Å². The second kappa shape index (κ2) is 6.73. The number of hydrogen-bond acceptors (Lipinski definition) is 4. The molecule has 0 aromatic heterocycles. The van der Waals surface area contributed by atoms with Gasteiger partial charge in [0.15, 0.2) is 8.32 Å². The molecule has 1 saturated heterocycles. The second-order valence-corrected chi connectivity index (χ2v) is 14.0.